The second-order valence-corrected chi connectivity index (χ2v) is 6.02. The summed E-state index contributed by atoms with van der Waals surface area (Å²) < 4.78 is 0. The van der Waals surface area contributed by atoms with Crippen LogP contribution in [0.4, 0.5) is 11.8 Å². The van der Waals surface area contributed by atoms with Gasteiger partial charge in [-0.1, -0.05) is 0 Å². The number of aryl methyl sites for hydroxylation is 1. The highest BCUT2D eigenvalue weighted by Crippen LogP contribution is 2.17. The number of hydrogen-bond donors (Lipinski definition) is 0. The molecule has 0 amide bonds. The molecular formula is C15H24N8. The summed E-state index contributed by atoms with van der Waals surface area (Å²) in [6.07, 6.45) is 3.44. The summed E-state index contributed by atoms with van der Waals surface area (Å²) in [4.78, 5) is 17.7. The van der Waals surface area contributed by atoms with E-state index in [1.807, 2.05) is 32.0 Å². The second-order valence-electron chi connectivity index (χ2n) is 6.02. The first-order valence-electron chi connectivity index (χ1n) is 7.96. The monoisotopic (exact) mass is 316 g/mol. The fourth-order valence-corrected chi connectivity index (χ4v) is 2.67. The van der Waals surface area contributed by atoms with Gasteiger partial charge >= 0.3 is 0 Å². The Balaban J connectivity index is 1.56. The number of aromatic nitrogens is 5. The molecule has 0 radical (unpaired) electrons. The van der Waals surface area contributed by atoms with Crippen molar-refractivity contribution in [1.29, 1.82) is 0 Å². The van der Waals surface area contributed by atoms with Crippen LogP contribution in [0.3, 0.4) is 0 Å². The lowest BCUT2D eigenvalue weighted by Crippen LogP contribution is -2.48. The van der Waals surface area contributed by atoms with E-state index in [2.05, 4.69) is 30.0 Å². The Morgan fingerprint density at radius 2 is 1.70 bits per heavy atom. The van der Waals surface area contributed by atoms with Gasteiger partial charge in [0.05, 0.1) is 18.9 Å². The molecule has 1 fully saturated rings. The zero-order valence-electron chi connectivity index (χ0n) is 14.1. The van der Waals surface area contributed by atoms with Gasteiger partial charge in [-0.25, -0.2) is 4.98 Å². The molecule has 0 atom stereocenters. The molecule has 1 saturated heterocycles. The molecule has 0 saturated carbocycles. The zero-order valence-corrected chi connectivity index (χ0v) is 14.1. The Hall–Kier alpha value is -2.22. The maximum Gasteiger partial charge on any atom is 0.227 e. The van der Waals surface area contributed by atoms with Crippen molar-refractivity contribution >= 4 is 11.8 Å². The van der Waals surface area contributed by atoms with E-state index in [-0.39, 0.29) is 0 Å². The van der Waals surface area contributed by atoms with Crippen LogP contribution in [0.25, 0.3) is 0 Å². The summed E-state index contributed by atoms with van der Waals surface area (Å²) in [6.45, 7) is 7.74. The van der Waals surface area contributed by atoms with E-state index >= 15 is 0 Å². The van der Waals surface area contributed by atoms with Crippen molar-refractivity contribution < 1.29 is 0 Å². The maximum absolute atomic E-state index is 4.67. The van der Waals surface area contributed by atoms with Crippen LogP contribution < -0.4 is 9.80 Å². The van der Waals surface area contributed by atoms with E-state index in [1.54, 1.807) is 17.2 Å². The molecule has 0 N–H and O–H groups in total. The van der Waals surface area contributed by atoms with E-state index in [0.29, 0.717) is 0 Å². The molecule has 0 aliphatic carbocycles. The van der Waals surface area contributed by atoms with Crippen molar-refractivity contribution in [3.05, 3.63) is 24.2 Å². The molecule has 2 aromatic heterocycles. The van der Waals surface area contributed by atoms with Gasteiger partial charge in [0.2, 0.25) is 5.95 Å². The predicted molar refractivity (Wildman–Crippen MR) is 89.8 cm³/mol. The molecule has 2 aromatic rings. The highest BCUT2D eigenvalue weighted by molar-refractivity contribution is 5.45. The third kappa shape index (κ3) is 3.95. The Morgan fingerprint density at radius 3 is 2.35 bits per heavy atom. The summed E-state index contributed by atoms with van der Waals surface area (Å²) in [6, 6.07) is 2.01. The molecule has 0 aromatic carbocycles. The Kier molecular flexibility index (Phi) is 4.71. The van der Waals surface area contributed by atoms with Crippen LogP contribution in [0.15, 0.2) is 18.5 Å². The summed E-state index contributed by atoms with van der Waals surface area (Å²) >= 11 is 0. The Bertz CT molecular complexity index is 616. The molecule has 8 nitrogen and oxygen atoms in total. The highest BCUT2D eigenvalue weighted by Gasteiger charge is 2.19. The first-order valence-corrected chi connectivity index (χ1v) is 7.96. The molecule has 3 rings (SSSR count). The first kappa shape index (κ1) is 15.7. The van der Waals surface area contributed by atoms with Crippen molar-refractivity contribution in [1.82, 2.24) is 29.9 Å². The summed E-state index contributed by atoms with van der Waals surface area (Å²) in [5.74, 6) is 1.79. The van der Waals surface area contributed by atoms with Crippen LogP contribution in [-0.4, -0.2) is 76.7 Å². The number of piperazine rings is 1. The molecule has 1 aliphatic heterocycles. The third-order valence-electron chi connectivity index (χ3n) is 4.03. The smallest absolute Gasteiger partial charge is 0.227 e. The normalized spacial score (nSPS) is 15.9. The van der Waals surface area contributed by atoms with Crippen LogP contribution in [-0.2, 0) is 6.54 Å². The first-order chi connectivity index (χ1) is 11.1. The second kappa shape index (κ2) is 6.91. The average Bonchev–Trinajstić information content (AvgIpc) is 3.06. The van der Waals surface area contributed by atoms with Crippen LogP contribution >= 0.6 is 0 Å². The molecule has 124 valence electrons. The molecule has 0 spiro atoms. The van der Waals surface area contributed by atoms with Gasteiger partial charge < -0.3 is 9.80 Å². The standard InChI is InChI=1S/C15H24N8/c1-13-12-14(20(2)3)19-15(18-13)22-9-6-21(7-10-22)8-11-23-16-4-5-17-23/h4-5,12H,6-11H2,1-3H3. The Labute approximate surface area is 136 Å². The van der Waals surface area contributed by atoms with Crippen molar-refractivity contribution in [2.45, 2.75) is 13.5 Å². The van der Waals surface area contributed by atoms with Gasteiger partial charge in [0.1, 0.15) is 5.82 Å². The molecule has 0 bridgehead atoms. The minimum Gasteiger partial charge on any atom is -0.363 e. The van der Waals surface area contributed by atoms with Crippen molar-refractivity contribution in [3.8, 4) is 0 Å². The SMILES string of the molecule is Cc1cc(N(C)C)nc(N2CCN(CCn3nccn3)CC2)n1. The highest BCUT2D eigenvalue weighted by atomic mass is 15.5. The molecule has 1 aliphatic rings. The number of nitrogens with zero attached hydrogens (tertiary/aromatic N) is 8. The topological polar surface area (TPSA) is 66.2 Å². The van der Waals surface area contributed by atoms with Crippen LogP contribution in [0.5, 0.6) is 0 Å². The molecule has 3 heterocycles. The van der Waals surface area contributed by atoms with Crippen molar-refractivity contribution in [2.75, 3.05) is 56.6 Å². The van der Waals surface area contributed by atoms with Gasteiger partial charge in [-0.15, -0.1) is 0 Å². The molecular weight excluding hydrogens is 292 g/mol. The van der Waals surface area contributed by atoms with Gasteiger partial charge in [0, 0.05) is 58.6 Å². The van der Waals surface area contributed by atoms with Crippen LogP contribution in [0.2, 0.25) is 0 Å². The molecule has 8 heteroatoms. The summed E-state index contributed by atoms with van der Waals surface area (Å²) in [5.41, 5.74) is 1.01. The lowest BCUT2D eigenvalue weighted by atomic mass is 10.3. The van der Waals surface area contributed by atoms with Gasteiger partial charge in [-0.2, -0.15) is 20.0 Å². The lowest BCUT2D eigenvalue weighted by molar-refractivity contribution is 0.238. The number of anilines is 2. The molecule has 23 heavy (non-hydrogen) atoms. The van der Waals surface area contributed by atoms with Gasteiger partial charge in [-0.05, 0) is 6.92 Å². The van der Waals surface area contributed by atoms with Gasteiger partial charge in [-0.3, -0.25) is 4.90 Å². The van der Waals surface area contributed by atoms with Crippen molar-refractivity contribution in [2.24, 2.45) is 0 Å². The van der Waals surface area contributed by atoms with E-state index in [4.69, 9.17) is 0 Å². The maximum atomic E-state index is 4.67. The number of rotatable bonds is 5. The fourth-order valence-electron chi connectivity index (χ4n) is 2.67. The van der Waals surface area contributed by atoms with E-state index in [9.17, 15) is 0 Å². The quantitative estimate of drug-likeness (QED) is 0.784. The van der Waals surface area contributed by atoms with Gasteiger partial charge in [0.25, 0.3) is 0 Å². The van der Waals surface area contributed by atoms with Gasteiger partial charge in [0.15, 0.2) is 0 Å². The Morgan fingerprint density at radius 1 is 1.00 bits per heavy atom. The fraction of sp³-hybridized carbons (Fsp3) is 0.600. The predicted octanol–water partition coefficient (Wildman–Crippen LogP) is 0.265. The lowest BCUT2D eigenvalue weighted by Gasteiger charge is -2.34. The minimum absolute atomic E-state index is 0.832. The third-order valence-corrected chi connectivity index (χ3v) is 4.03. The zero-order chi connectivity index (χ0) is 16.2. The van der Waals surface area contributed by atoms with Crippen LogP contribution in [0, 0.1) is 6.92 Å². The molecule has 0 unspecified atom stereocenters. The van der Waals surface area contributed by atoms with Crippen LogP contribution in [0.1, 0.15) is 5.69 Å². The summed E-state index contributed by atoms with van der Waals surface area (Å²) in [5, 5.41) is 8.29. The number of hydrogen-bond acceptors (Lipinski definition) is 7. The van der Waals surface area contributed by atoms with E-state index < -0.39 is 0 Å². The van der Waals surface area contributed by atoms with Crippen molar-refractivity contribution in [3.63, 3.8) is 0 Å². The minimum atomic E-state index is 0.832. The van der Waals surface area contributed by atoms with E-state index in [1.165, 1.54) is 0 Å². The summed E-state index contributed by atoms with van der Waals surface area (Å²) in [7, 11) is 4.01. The van der Waals surface area contributed by atoms with E-state index in [0.717, 1.165) is 56.7 Å². The largest absolute Gasteiger partial charge is 0.363 e. The average molecular weight is 316 g/mol.